The molecule has 11 heteroatoms. The summed E-state index contributed by atoms with van der Waals surface area (Å²) in [5.41, 5.74) is 7.35. The molecule has 34 heavy (non-hydrogen) atoms. The summed E-state index contributed by atoms with van der Waals surface area (Å²) < 4.78 is 25.4. The van der Waals surface area contributed by atoms with E-state index < -0.39 is 11.9 Å². The van der Waals surface area contributed by atoms with Gasteiger partial charge in [-0.15, -0.1) is 6.58 Å². The van der Waals surface area contributed by atoms with Gasteiger partial charge < -0.3 is 20.5 Å². The van der Waals surface area contributed by atoms with Gasteiger partial charge in [-0.05, 0) is 37.6 Å². The van der Waals surface area contributed by atoms with Crippen LogP contribution in [0.1, 0.15) is 13.8 Å². The van der Waals surface area contributed by atoms with Gasteiger partial charge in [-0.3, -0.25) is 0 Å². The van der Waals surface area contributed by atoms with E-state index in [-0.39, 0.29) is 30.5 Å². The molecule has 0 aromatic carbocycles. The summed E-state index contributed by atoms with van der Waals surface area (Å²) in [5, 5.41) is 7.67. The number of methoxy groups -OCH3 is 1. The van der Waals surface area contributed by atoms with Crippen LogP contribution in [0.3, 0.4) is 0 Å². The molecule has 0 saturated carbocycles. The molecule has 0 radical (unpaired) electrons. The molecule has 3 aromatic heterocycles. The predicted octanol–water partition coefficient (Wildman–Crippen LogP) is 3.83. The maximum Gasteiger partial charge on any atom is 0.412 e. The third kappa shape index (κ3) is 6.69. The summed E-state index contributed by atoms with van der Waals surface area (Å²) in [4.78, 5) is 24.6. The number of pyridine rings is 1. The van der Waals surface area contributed by atoms with Gasteiger partial charge in [0.2, 0.25) is 0 Å². The molecule has 3 rings (SSSR count). The number of nitrogen functional groups attached to an aromatic ring is 1. The maximum atomic E-state index is 13.8. The SMILES string of the molecule is C=C/C(F)=C(\C)Cn1nc(-c2ncc(OC(=O)NCCOC)c(N)n2)c2cccnc21.C=CC. The van der Waals surface area contributed by atoms with E-state index in [0.717, 1.165) is 6.08 Å². The zero-order valence-corrected chi connectivity index (χ0v) is 19.4. The number of carbonyl (C=O) groups is 1. The number of nitrogens with one attached hydrogen (secondary N) is 1. The number of aromatic nitrogens is 5. The molecule has 0 aliphatic carbocycles. The van der Waals surface area contributed by atoms with Crippen LogP contribution >= 0.6 is 0 Å². The Morgan fingerprint density at radius 3 is 2.74 bits per heavy atom. The highest BCUT2D eigenvalue weighted by atomic mass is 19.1. The molecule has 0 aliphatic heterocycles. The lowest BCUT2D eigenvalue weighted by atomic mass is 10.2. The van der Waals surface area contributed by atoms with E-state index in [1.807, 2.05) is 6.92 Å². The van der Waals surface area contributed by atoms with Crippen LogP contribution in [0.2, 0.25) is 0 Å². The van der Waals surface area contributed by atoms with Crippen molar-refractivity contribution in [1.29, 1.82) is 0 Å². The number of halogens is 1. The second kappa shape index (κ2) is 12.8. The largest absolute Gasteiger partial charge is 0.412 e. The van der Waals surface area contributed by atoms with Gasteiger partial charge in [0.15, 0.2) is 23.0 Å². The van der Waals surface area contributed by atoms with Crippen molar-refractivity contribution in [3.05, 3.63) is 61.2 Å². The second-order valence-electron chi connectivity index (χ2n) is 6.87. The number of carbonyl (C=O) groups excluding carboxylic acids is 1. The zero-order chi connectivity index (χ0) is 25.1. The number of nitrogens with zero attached hydrogens (tertiary/aromatic N) is 5. The van der Waals surface area contributed by atoms with Crippen LogP contribution in [0.5, 0.6) is 5.75 Å². The van der Waals surface area contributed by atoms with Crippen LogP contribution in [0.25, 0.3) is 22.6 Å². The first-order valence-corrected chi connectivity index (χ1v) is 10.3. The first-order valence-electron chi connectivity index (χ1n) is 10.3. The summed E-state index contributed by atoms with van der Waals surface area (Å²) >= 11 is 0. The van der Waals surface area contributed by atoms with E-state index >= 15 is 0 Å². The van der Waals surface area contributed by atoms with E-state index in [2.05, 4.69) is 38.5 Å². The standard InChI is InChI=1S/C20H22FN7O3.C3H6/c1-4-14(21)12(2)11-28-19-13(6-5-7-23-19)16(27-28)18-25-10-15(17(22)26-18)31-20(29)24-8-9-30-3;1-3-2/h4-7,10H,1,8-9,11H2,2-3H3,(H,24,29)(H2,22,25,26);3H,1H2,2H3/b14-12-;. The maximum absolute atomic E-state index is 13.8. The summed E-state index contributed by atoms with van der Waals surface area (Å²) in [5.74, 6) is -0.237. The molecule has 1 amide bonds. The number of ether oxygens (including phenoxy) is 2. The molecule has 0 spiro atoms. The third-order valence-electron chi connectivity index (χ3n) is 4.25. The lowest BCUT2D eigenvalue weighted by Gasteiger charge is -2.08. The molecule has 0 aliphatic rings. The smallest absolute Gasteiger partial charge is 0.405 e. The van der Waals surface area contributed by atoms with Crippen molar-refractivity contribution < 1.29 is 18.7 Å². The first kappa shape index (κ1) is 26.1. The van der Waals surface area contributed by atoms with Crippen molar-refractivity contribution in [3.8, 4) is 17.3 Å². The summed E-state index contributed by atoms with van der Waals surface area (Å²) in [6.45, 7) is 11.1. The molecule has 180 valence electrons. The van der Waals surface area contributed by atoms with Crippen molar-refractivity contribution >= 4 is 22.9 Å². The quantitative estimate of drug-likeness (QED) is 0.289. The zero-order valence-electron chi connectivity index (χ0n) is 19.4. The molecule has 0 atom stereocenters. The van der Waals surface area contributed by atoms with Crippen LogP contribution < -0.4 is 15.8 Å². The average molecular weight is 470 g/mol. The Hall–Kier alpha value is -4.12. The van der Waals surface area contributed by atoms with Crippen molar-refractivity contribution in [1.82, 2.24) is 30.0 Å². The van der Waals surface area contributed by atoms with Gasteiger partial charge in [0, 0.05) is 19.9 Å². The van der Waals surface area contributed by atoms with Gasteiger partial charge >= 0.3 is 6.09 Å². The third-order valence-corrected chi connectivity index (χ3v) is 4.25. The average Bonchev–Trinajstić information content (AvgIpc) is 3.19. The number of nitrogens with two attached hydrogens (primary N) is 1. The number of hydrogen-bond acceptors (Lipinski definition) is 8. The predicted molar refractivity (Wildman–Crippen MR) is 129 cm³/mol. The van der Waals surface area contributed by atoms with Gasteiger partial charge in [0.25, 0.3) is 0 Å². The molecule has 10 nitrogen and oxygen atoms in total. The van der Waals surface area contributed by atoms with Crippen molar-refractivity contribution in [2.45, 2.75) is 20.4 Å². The summed E-state index contributed by atoms with van der Waals surface area (Å²) in [6, 6.07) is 3.55. The van der Waals surface area contributed by atoms with Crippen molar-refractivity contribution in [3.63, 3.8) is 0 Å². The molecule has 0 fully saturated rings. The number of fused-ring (bicyclic) bond motifs is 1. The van der Waals surface area contributed by atoms with Crippen LogP contribution in [0.4, 0.5) is 15.0 Å². The molecule has 0 saturated heterocycles. The highest BCUT2D eigenvalue weighted by Gasteiger charge is 2.18. The number of rotatable bonds is 8. The minimum absolute atomic E-state index is 0.00682. The summed E-state index contributed by atoms with van der Waals surface area (Å²) in [6.07, 6.45) is 5.09. The van der Waals surface area contributed by atoms with Gasteiger partial charge in [0.05, 0.1) is 24.7 Å². The van der Waals surface area contributed by atoms with Gasteiger partial charge in [-0.2, -0.15) is 5.10 Å². The molecule has 3 N–H and O–H groups in total. The normalized spacial score (nSPS) is 11.2. The summed E-state index contributed by atoms with van der Waals surface area (Å²) in [7, 11) is 1.52. The van der Waals surface area contributed by atoms with Crippen LogP contribution in [0.15, 0.2) is 61.2 Å². The van der Waals surface area contributed by atoms with Gasteiger partial charge in [-0.1, -0.05) is 12.7 Å². The molecular weight excluding hydrogens is 441 g/mol. The fraction of sp³-hybridized carbons (Fsp3) is 0.261. The molecule has 3 aromatic rings. The first-order chi connectivity index (χ1) is 16.4. The van der Waals surface area contributed by atoms with Gasteiger partial charge in [-0.25, -0.2) is 28.8 Å². The number of allylic oxidation sites excluding steroid dienone is 4. The van der Waals surface area contributed by atoms with Crippen molar-refractivity contribution in [2.75, 3.05) is 26.0 Å². The second-order valence-corrected chi connectivity index (χ2v) is 6.87. The van der Waals surface area contributed by atoms with Crippen LogP contribution in [-0.4, -0.2) is 51.1 Å². The Labute approximate surface area is 197 Å². The highest BCUT2D eigenvalue weighted by molar-refractivity contribution is 5.89. The van der Waals surface area contributed by atoms with E-state index in [1.54, 1.807) is 36.0 Å². The van der Waals surface area contributed by atoms with E-state index in [9.17, 15) is 9.18 Å². The fourth-order valence-corrected chi connectivity index (χ4v) is 2.73. The van der Waals surface area contributed by atoms with Gasteiger partial charge in [0.1, 0.15) is 11.5 Å². The highest BCUT2D eigenvalue weighted by Crippen LogP contribution is 2.28. The minimum Gasteiger partial charge on any atom is -0.405 e. The van der Waals surface area contributed by atoms with Crippen LogP contribution in [0, 0.1) is 0 Å². The Kier molecular flexibility index (Phi) is 9.84. The monoisotopic (exact) mass is 469 g/mol. The van der Waals surface area contributed by atoms with E-state index in [0.29, 0.717) is 28.9 Å². The topological polar surface area (TPSA) is 130 Å². The molecule has 0 bridgehead atoms. The van der Waals surface area contributed by atoms with Crippen LogP contribution in [-0.2, 0) is 11.3 Å². The number of anilines is 1. The Morgan fingerprint density at radius 1 is 1.35 bits per heavy atom. The lowest BCUT2D eigenvalue weighted by molar-refractivity contribution is 0.180. The number of hydrogen-bond donors (Lipinski definition) is 2. The fourth-order valence-electron chi connectivity index (χ4n) is 2.73. The number of amides is 1. The minimum atomic E-state index is -0.703. The Bertz CT molecular complexity index is 1190. The van der Waals surface area contributed by atoms with Crippen molar-refractivity contribution in [2.24, 2.45) is 0 Å². The molecule has 0 unspecified atom stereocenters. The Morgan fingerprint density at radius 2 is 2.09 bits per heavy atom. The molecular formula is C23H28FN7O3. The molecule has 3 heterocycles. The Balaban J connectivity index is 0.00000129. The van der Waals surface area contributed by atoms with E-state index in [4.69, 9.17) is 15.2 Å². The van der Waals surface area contributed by atoms with E-state index in [1.165, 1.54) is 13.3 Å². The lowest BCUT2D eigenvalue weighted by Crippen LogP contribution is -2.30.